The van der Waals surface area contributed by atoms with E-state index in [9.17, 15) is 20.0 Å². The Morgan fingerprint density at radius 3 is 2.80 bits per heavy atom. The summed E-state index contributed by atoms with van der Waals surface area (Å²) >= 11 is 5.32. The smallest absolute Gasteiger partial charge is 0.273 e. The Bertz CT molecular complexity index is 820. The van der Waals surface area contributed by atoms with Crippen LogP contribution in [0.15, 0.2) is 23.4 Å². The number of carbonyl (C=O) groups is 1. The van der Waals surface area contributed by atoms with E-state index in [4.69, 9.17) is 17.0 Å². The van der Waals surface area contributed by atoms with Crippen LogP contribution in [-0.2, 0) is 4.79 Å². The lowest BCUT2D eigenvalue weighted by atomic mass is 9.84. The van der Waals surface area contributed by atoms with Gasteiger partial charge in [-0.2, -0.15) is 0 Å². The number of thiocarbonyl (C=S) groups is 1. The number of non-ortho nitro benzene ring substituents is 1. The Morgan fingerprint density at radius 1 is 1.44 bits per heavy atom. The van der Waals surface area contributed by atoms with Gasteiger partial charge >= 0.3 is 0 Å². The number of ether oxygens (including phenoxy) is 1. The first kappa shape index (κ1) is 17.2. The highest BCUT2D eigenvalue weighted by atomic mass is 32.1. The first-order chi connectivity index (χ1) is 11.8. The summed E-state index contributed by atoms with van der Waals surface area (Å²) in [5.41, 5.74) is 1.24. The predicted molar refractivity (Wildman–Crippen MR) is 93.4 cm³/mol. The van der Waals surface area contributed by atoms with Crippen molar-refractivity contribution in [2.24, 2.45) is 0 Å². The van der Waals surface area contributed by atoms with Gasteiger partial charge in [-0.15, -0.1) is 0 Å². The van der Waals surface area contributed by atoms with Crippen LogP contribution in [0.4, 0.5) is 5.69 Å². The monoisotopic (exact) mass is 363 g/mol. The summed E-state index contributed by atoms with van der Waals surface area (Å²) in [6.45, 7) is 0. The quantitative estimate of drug-likeness (QED) is 0.478. The number of phenolic OH excluding ortho intramolecular Hbond substituents is 1. The van der Waals surface area contributed by atoms with Crippen LogP contribution in [0, 0.1) is 10.1 Å². The van der Waals surface area contributed by atoms with Gasteiger partial charge in [0.15, 0.2) is 22.4 Å². The Balaban J connectivity index is 2.22. The van der Waals surface area contributed by atoms with E-state index < -0.39 is 11.0 Å². The number of nitro groups is 1. The van der Waals surface area contributed by atoms with Gasteiger partial charge in [-0.1, -0.05) is 0 Å². The standard InChI is InChI=1S/C16H17N3O5S/c1-18-10-4-3-5-11(20)13(10)14(17-16(18)25)9-6-8(19(22)23)7-12(24-2)15(9)21/h6-7,14,21H,3-5H2,1-2H3,(H,17,25). The van der Waals surface area contributed by atoms with Crippen molar-refractivity contribution in [3.05, 3.63) is 39.1 Å². The summed E-state index contributed by atoms with van der Waals surface area (Å²) < 4.78 is 5.05. The highest BCUT2D eigenvalue weighted by Gasteiger charge is 2.38. The number of Topliss-reactive ketones (excluding diaryl/α,β-unsaturated/α-hetero) is 1. The maximum absolute atomic E-state index is 12.5. The van der Waals surface area contributed by atoms with Crippen LogP contribution in [0.25, 0.3) is 0 Å². The van der Waals surface area contributed by atoms with E-state index in [0.29, 0.717) is 23.5 Å². The van der Waals surface area contributed by atoms with Gasteiger partial charge in [0.05, 0.1) is 24.1 Å². The van der Waals surface area contributed by atoms with E-state index in [2.05, 4.69) is 5.32 Å². The molecule has 0 radical (unpaired) electrons. The molecule has 1 unspecified atom stereocenters. The molecule has 1 aromatic rings. The van der Waals surface area contributed by atoms with Gasteiger partial charge < -0.3 is 20.1 Å². The molecule has 0 saturated heterocycles. The molecular weight excluding hydrogens is 346 g/mol. The molecule has 132 valence electrons. The van der Waals surface area contributed by atoms with Crippen LogP contribution in [0.3, 0.4) is 0 Å². The highest BCUT2D eigenvalue weighted by molar-refractivity contribution is 7.80. The average molecular weight is 363 g/mol. The van der Waals surface area contributed by atoms with Gasteiger partial charge in [0.2, 0.25) is 0 Å². The molecule has 1 atom stereocenters. The fraction of sp³-hybridized carbons (Fsp3) is 0.375. The molecule has 0 bridgehead atoms. The van der Waals surface area contributed by atoms with Crippen LogP contribution >= 0.6 is 12.2 Å². The molecule has 1 aliphatic carbocycles. The van der Waals surface area contributed by atoms with E-state index in [0.717, 1.165) is 18.2 Å². The maximum Gasteiger partial charge on any atom is 0.273 e. The topological polar surface area (TPSA) is 105 Å². The van der Waals surface area contributed by atoms with Gasteiger partial charge in [0.25, 0.3) is 5.69 Å². The molecule has 9 heteroatoms. The average Bonchev–Trinajstić information content (AvgIpc) is 2.58. The summed E-state index contributed by atoms with van der Waals surface area (Å²) in [7, 11) is 3.08. The number of methoxy groups -OCH3 is 1. The molecule has 25 heavy (non-hydrogen) atoms. The summed E-state index contributed by atoms with van der Waals surface area (Å²) in [5, 5.41) is 25.1. The van der Waals surface area contributed by atoms with Crippen LogP contribution < -0.4 is 10.1 Å². The molecular formula is C16H17N3O5S. The van der Waals surface area contributed by atoms with Gasteiger partial charge in [0.1, 0.15) is 0 Å². The molecule has 0 spiro atoms. The highest BCUT2D eigenvalue weighted by Crippen LogP contribution is 2.44. The van der Waals surface area contributed by atoms with Crippen molar-refractivity contribution in [2.45, 2.75) is 25.3 Å². The number of allylic oxidation sites excluding steroid dienone is 1. The number of aromatic hydroxyl groups is 1. The second-order valence-electron chi connectivity index (χ2n) is 5.92. The van der Waals surface area contributed by atoms with Crippen molar-refractivity contribution in [3.63, 3.8) is 0 Å². The third-order valence-corrected chi connectivity index (χ3v) is 4.92. The molecule has 1 heterocycles. The van der Waals surface area contributed by atoms with E-state index >= 15 is 0 Å². The molecule has 1 aliphatic heterocycles. The number of nitro benzene ring substituents is 1. The predicted octanol–water partition coefficient (Wildman–Crippen LogP) is 2.18. The number of hydrogen-bond donors (Lipinski definition) is 2. The first-order valence-electron chi connectivity index (χ1n) is 7.71. The van der Waals surface area contributed by atoms with Gasteiger partial charge in [-0.25, -0.2) is 0 Å². The Morgan fingerprint density at radius 2 is 2.16 bits per heavy atom. The minimum atomic E-state index is -0.750. The van der Waals surface area contributed by atoms with Crippen molar-refractivity contribution in [1.29, 1.82) is 0 Å². The molecule has 2 aliphatic rings. The third kappa shape index (κ3) is 2.80. The van der Waals surface area contributed by atoms with Crippen molar-refractivity contribution >= 4 is 28.8 Å². The molecule has 0 amide bonds. The number of benzene rings is 1. The fourth-order valence-corrected chi connectivity index (χ4v) is 3.49. The SMILES string of the molecule is COc1cc([N+](=O)[O-])cc(C2NC(=S)N(C)C3=C2C(=O)CCC3)c1O. The minimum Gasteiger partial charge on any atom is -0.504 e. The van der Waals surface area contributed by atoms with Gasteiger partial charge in [0, 0.05) is 36.4 Å². The normalized spacial score (nSPS) is 20.2. The zero-order valence-electron chi connectivity index (χ0n) is 13.7. The number of rotatable bonds is 3. The van der Waals surface area contributed by atoms with Crippen molar-refractivity contribution in [2.75, 3.05) is 14.2 Å². The Kier molecular flexibility index (Phi) is 4.34. The summed E-state index contributed by atoms with van der Waals surface area (Å²) in [6, 6.07) is 1.64. The summed E-state index contributed by atoms with van der Waals surface area (Å²) in [4.78, 5) is 24.9. The number of nitrogens with one attached hydrogen (secondary N) is 1. The van der Waals surface area contributed by atoms with Crippen LogP contribution in [-0.4, -0.2) is 40.0 Å². The largest absolute Gasteiger partial charge is 0.504 e. The lowest BCUT2D eigenvalue weighted by Gasteiger charge is -2.39. The van der Waals surface area contributed by atoms with E-state index in [1.54, 1.807) is 11.9 Å². The number of ketones is 1. The second-order valence-corrected chi connectivity index (χ2v) is 6.31. The lowest BCUT2D eigenvalue weighted by molar-refractivity contribution is -0.385. The van der Waals surface area contributed by atoms with Crippen molar-refractivity contribution < 1.29 is 19.6 Å². The van der Waals surface area contributed by atoms with Crippen LogP contribution in [0.2, 0.25) is 0 Å². The number of carbonyl (C=O) groups excluding carboxylic acids is 1. The van der Waals surface area contributed by atoms with Crippen LogP contribution in [0.1, 0.15) is 30.9 Å². The second kappa shape index (κ2) is 6.32. The number of phenols is 1. The first-order valence-corrected chi connectivity index (χ1v) is 8.11. The summed E-state index contributed by atoms with van der Waals surface area (Å²) in [6.07, 6.45) is 1.80. The molecule has 1 aromatic carbocycles. The number of hydrogen-bond acceptors (Lipinski definition) is 6. The van der Waals surface area contributed by atoms with Gasteiger partial charge in [-0.05, 0) is 25.1 Å². The van der Waals surface area contributed by atoms with E-state index in [1.165, 1.54) is 13.2 Å². The van der Waals surface area contributed by atoms with Crippen molar-refractivity contribution in [1.82, 2.24) is 10.2 Å². The van der Waals surface area contributed by atoms with E-state index in [-0.39, 0.29) is 28.5 Å². The minimum absolute atomic E-state index is 0.0266. The van der Waals surface area contributed by atoms with Crippen LogP contribution in [0.5, 0.6) is 11.5 Å². The Labute approximate surface area is 149 Å². The summed E-state index contributed by atoms with van der Waals surface area (Å²) in [5.74, 6) is -0.331. The van der Waals surface area contributed by atoms with Crippen molar-refractivity contribution in [3.8, 4) is 11.5 Å². The zero-order valence-corrected chi connectivity index (χ0v) is 14.6. The molecule has 8 nitrogen and oxygen atoms in total. The third-order valence-electron chi connectivity index (χ3n) is 4.53. The molecule has 3 rings (SSSR count). The lowest BCUT2D eigenvalue weighted by Crippen LogP contribution is -2.47. The molecule has 2 N–H and O–H groups in total. The Hall–Kier alpha value is -2.68. The number of nitrogens with zero attached hydrogens (tertiary/aromatic N) is 2. The molecule has 0 saturated carbocycles. The zero-order chi connectivity index (χ0) is 18.3. The fourth-order valence-electron chi connectivity index (χ4n) is 3.27. The van der Waals surface area contributed by atoms with Gasteiger partial charge in [-0.3, -0.25) is 14.9 Å². The van der Waals surface area contributed by atoms with E-state index in [1.807, 2.05) is 0 Å². The maximum atomic E-state index is 12.5. The molecule has 0 fully saturated rings. The molecule has 0 aromatic heterocycles.